The first-order valence-electron chi connectivity index (χ1n) is 5.94. The molecule has 10 heteroatoms. The summed E-state index contributed by atoms with van der Waals surface area (Å²) in [5, 5.41) is 12.8. The molecule has 0 aromatic carbocycles. The van der Waals surface area contributed by atoms with Crippen LogP contribution in [-0.2, 0) is 27.9 Å². The number of sulfonamides is 1. The highest BCUT2D eigenvalue weighted by Gasteiger charge is 2.25. The van der Waals surface area contributed by atoms with Crippen molar-refractivity contribution in [2.45, 2.75) is 31.8 Å². The Morgan fingerprint density at radius 3 is 2.76 bits per heavy atom. The molecule has 0 aliphatic heterocycles. The summed E-state index contributed by atoms with van der Waals surface area (Å²) in [5.41, 5.74) is 2.18. The minimum absolute atomic E-state index is 0.0215. The van der Waals surface area contributed by atoms with Crippen LogP contribution in [0.3, 0.4) is 0 Å². The number of carboxylic acid groups (broad SMARTS) is 1. The summed E-state index contributed by atoms with van der Waals surface area (Å²) in [4.78, 5) is 15.4. The molecule has 2 N–H and O–H groups in total. The number of aliphatic carboxylic acids is 1. The highest BCUT2D eigenvalue weighted by molar-refractivity contribution is 7.89. The zero-order chi connectivity index (χ0) is 15.6. The number of aryl methyl sites for hydroxylation is 1. The SMILES string of the molecule is Cc1nn(CC(=O)O)c(C)c1S(=O)(=O)NCc1cncs1. The zero-order valence-electron chi connectivity index (χ0n) is 11.4. The predicted molar refractivity (Wildman–Crippen MR) is 75.5 cm³/mol. The number of thiazole rings is 1. The van der Waals surface area contributed by atoms with Crippen LogP contribution in [0.4, 0.5) is 0 Å². The molecule has 8 nitrogen and oxygen atoms in total. The summed E-state index contributed by atoms with van der Waals surface area (Å²) in [6.07, 6.45) is 1.58. The van der Waals surface area contributed by atoms with Gasteiger partial charge in [0.1, 0.15) is 11.4 Å². The fourth-order valence-electron chi connectivity index (χ4n) is 1.92. The molecule has 0 bridgehead atoms. The molecule has 0 radical (unpaired) electrons. The second-order valence-electron chi connectivity index (χ2n) is 4.34. The number of nitrogens with zero attached hydrogens (tertiary/aromatic N) is 3. The van der Waals surface area contributed by atoms with Gasteiger partial charge >= 0.3 is 5.97 Å². The summed E-state index contributed by atoms with van der Waals surface area (Å²) in [5.74, 6) is -1.08. The topological polar surface area (TPSA) is 114 Å². The van der Waals surface area contributed by atoms with E-state index in [-0.39, 0.29) is 23.7 Å². The highest BCUT2D eigenvalue weighted by Crippen LogP contribution is 2.19. The van der Waals surface area contributed by atoms with Gasteiger partial charge < -0.3 is 5.11 Å². The van der Waals surface area contributed by atoms with E-state index in [2.05, 4.69) is 14.8 Å². The standard InChI is InChI=1S/C11H14N4O4S2/c1-7-11(8(2)15(14-7)5-10(16)17)21(18,19)13-4-9-3-12-6-20-9/h3,6,13H,4-5H2,1-2H3,(H,16,17). The van der Waals surface area contributed by atoms with Gasteiger partial charge in [-0.05, 0) is 13.8 Å². The smallest absolute Gasteiger partial charge is 0.325 e. The Morgan fingerprint density at radius 2 is 2.19 bits per heavy atom. The lowest BCUT2D eigenvalue weighted by Crippen LogP contribution is -2.24. The zero-order valence-corrected chi connectivity index (χ0v) is 13.0. The van der Waals surface area contributed by atoms with Crippen molar-refractivity contribution in [1.29, 1.82) is 0 Å². The molecule has 0 amide bonds. The van der Waals surface area contributed by atoms with Crippen molar-refractivity contribution in [1.82, 2.24) is 19.5 Å². The molecule has 2 heterocycles. The van der Waals surface area contributed by atoms with E-state index in [4.69, 9.17) is 5.11 Å². The predicted octanol–water partition coefficient (Wildman–Crippen LogP) is 0.520. The summed E-state index contributed by atoms with van der Waals surface area (Å²) in [7, 11) is -3.76. The lowest BCUT2D eigenvalue weighted by molar-refractivity contribution is -0.137. The van der Waals surface area contributed by atoms with Gasteiger partial charge in [0.25, 0.3) is 0 Å². The third-order valence-corrected chi connectivity index (χ3v) is 5.22. The normalized spacial score (nSPS) is 11.7. The summed E-state index contributed by atoms with van der Waals surface area (Å²) in [6, 6.07) is 0. The fourth-order valence-corrected chi connectivity index (χ4v) is 3.96. The largest absolute Gasteiger partial charge is 0.480 e. The van der Waals surface area contributed by atoms with E-state index < -0.39 is 16.0 Å². The molecule has 114 valence electrons. The Labute approximate surface area is 125 Å². The van der Waals surface area contributed by atoms with Crippen LogP contribution >= 0.6 is 11.3 Å². The monoisotopic (exact) mass is 330 g/mol. The maximum atomic E-state index is 12.3. The Bertz CT molecular complexity index is 750. The molecule has 0 aliphatic carbocycles. The number of carbonyl (C=O) groups is 1. The number of rotatable bonds is 6. The van der Waals surface area contributed by atoms with Crippen LogP contribution in [0.15, 0.2) is 16.6 Å². The number of carboxylic acids is 1. The molecule has 0 unspecified atom stereocenters. The number of hydrogen-bond acceptors (Lipinski definition) is 6. The number of hydrogen-bond donors (Lipinski definition) is 2. The van der Waals surface area contributed by atoms with Crippen LogP contribution in [0.5, 0.6) is 0 Å². The fraction of sp³-hybridized carbons (Fsp3) is 0.364. The molecule has 2 aromatic rings. The van der Waals surface area contributed by atoms with Gasteiger partial charge in [-0.3, -0.25) is 14.5 Å². The molecule has 2 aromatic heterocycles. The molecule has 0 spiro atoms. The first kappa shape index (κ1) is 15.6. The lowest BCUT2D eigenvalue weighted by atomic mass is 10.4. The van der Waals surface area contributed by atoms with Crippen molar-refractivity contribution in [2.75, 3.05) is 0 Å². The quantitative estimate of drug-likeness (QED) is 0.798. The van der Waals surface area contributed by atoms with Crippen LogP contribution < -0.4 is 4.72 Å². The Balaban J connectivity index is 2.27. The third kappa shape index (κ3) is 3.46. The third-order valence-electron chi connectivity index (χ3n) is 2.79. The minimum Gasteiger partial charge on any atom is -0.480 e. The second-order valence-corrected chi connectivity index (χ2v) is 7.02. The van der Waals surface area contributed by atoms with Gasteiger partial charge in [-0.2, -0.15) is 5.10 Å². The molecule has 0 atom stereocenters. The summed E-state index contributed by atoms with van der Waals surface area (Å²) in [6.45, 7) is 2.82. The van der Waals surface area contributed by atoms with E-state index in [1.807, 2.05) is 0 Å². The van der Waals surface area contributed by atoms with E-state index in [9.17, 15) is 13.2 Å². The Kier molecular flexibility index (Phi) is 4.40. The molecular formula is C11H14N4O4S2. The van der Waals surface area contributed by atoms with Crippen LogP contribution in [0.1, 0.15) is 16.3 Å². The van der Waals surface area contributed by atoms with Crippen molar-refractivity contribution >= 4 is 27.3 Å². The first-order valence-corrected chi connectivity index (χ1v) is 8.30. The molecule has 0 aliphatic rings. The van der Waals surface area contributed by atoms with E-state index in [1.165, 1.54) is 29.9 Å². The Hall–Kier alpha value is -1.78. The number of aromatic nitrogens is 3. The average Bonchev–Trinajstić information content (AvgIpc) is 2.96. The maximum absolute atomic E-state index is 12.3. The van der Waals surface area contributed by atoms with Crippen molar-refractivity contribution in [3.05, 3.63) is 28.0 Å². The van der Waals surface area contributed by atoms with Gasteiger partial charge in [-0.1, -0.05) is 0 Å². The first-order chi connectivity index (χ1) is 9.81. The van der Waals surface area contributed by atoms with Gasteiger partial charge in [0, 0.05) is 17.6 Å². The molecule has 2 rings (SSSR count). The maximum Gasteiger partial charge on any atom is 0.325 e. The summed E-state index contributed by atoms with van der Waals surface area (Å²) >= 11 is 1.34. The van der Waals surface area contributed by atoms with Gasteiger partial charge in [0.05, 0.1) is 16.9 Å². The summed E-state index contributed by atoms with van der Waals surface area (Å²) < 4.78 is 28.3. The van der Waals surface area contributed by atoms with Crippen molar-refractivity contribution < 1.29 is 18.3 Å². The van der Waals surface area contributed by atoms with E-state index in [0.717, 1.165) is 4.88 Å². The lowest BCUT2D eigenvalue weighted by Gasteiger charge is -2.06. The van der Waals surface area contributed by atoms with Crippen molar-refractivity contribution in [2.24, 2.45) is 0 Å². The molecular weight excluding hydrogens is 316 g/mol. The minimum atomic E-state index is -3.76. The molecule has 0 saturated heterocycles. The second kappa shape index (κ2) is 5.92. The van der Waals surface area contributed by atoms with Gasteiger partial charge in [0.15, 0.2) is 0 Å². The van der Waals surface area contributed by atoms with Gasteiger partial charge in [-0.15, -0.1) is 11.3 Å². The average molecular weight is 330 g/mol. The molecule has 0 fully saturated rings. The van der Waals surface area contributed by atoms with Crippen LogP contribution in [0.25, 0.3) is 0 Å². The van der Waals surface area contributed by atoms with Crippen molar-refractivity contribution in [3.8, 4) is 0 Å². The van der Waals surface area contributed by atoms with Crippen molar-refractivity contribution in [3.63, 3.8) is 0 Å². The van der Waals surface area contributed by atoms with E-state index in [1.54, 1.807) is 11.7 Å². The van der Waals surface area contributed by atoms with Crippen LogP contribution in [0.2, 0.25) is 0 Å². The Morgan fingerprint density at radius 1 is 1.48 bits per heavy atom. The highest BCUT2D eigenvalue weighted by atomic mass is 32.2. The van der Waals surface area contributed by atoms with Crippen LogP contribution in [0, 0.1) is 13.8 Å². The van der Waals surface area contributed by atoms with E-state index in [0.29, 0.717) is 5.69 Å². The van der Waals surface area contributed by atoms with Crippen LogP contribution in [-0.4, -0.2) is 34.3 Å². The van der Waals surface area contributed by atoms with E-state index >= 15 is 0 Å². The molecule has 21 heavy (non-hydrogen) atoms. The molecule has 0 saturated carbocycles. The number of nitrogens with one attached hydrogen (secondary N) is 1. The van der Waals surface area contributed by atoms with Gasteiger partial charge in [-0.25, -0.2) is 13.1 Å². The van der Waals surface area contributed by atoms with Gasteiger partial charge in [0.2, 0.25) is 10.0 Å².